The Kier molecular flexibility index (Phi) is 4.33. The van der Waals surface area contributed by atoms with Crippen molar-refractivity contribution in [2.24, 2.45) is 0 Å². The van der Waals surface area contributed by atoms with Gasteiger partial charge in [-0.1, -0.05) is 18.2 Å². The third-order valence-electron chi connectivity index (χ3n) is 4.43. The number of rotatable bonds is 5. The van der Waals surface area contributed by atoms with Gasteiger partial charge in [-0.15, -0.1) is 0 Å². The van der Waals surface area contributed by atoms with Crippen LogP contribution in [0.2, 0.25) is 0 Å². The molecule has 2 aromatic carbocycles. The zero-order valence-corrected chi connectivity index (χ0v) is 13.2. The number of benzene rings is 2. The van der Waals surface area contributed by atoms with Gasteiger partial charge in [-0.2, -0.15) is 5.26 Å². The molecule has 0 saturated heterocycles. The first kappa shape index (κ1) is 15.5. The van der Waals surface area contributed by atoms with Crippen molar-refractivity contribution in [2.45, 2.75) is 25.0 Å². The zero-order chi connectivity index (χ0) is 16.3. The molecule has 23 heavy (non-hydrogen) atoms. The number of phenolic OH excluding ortho intramolecular Hbond substituents is 1. The molecule has 1 heterocycles. The summed E-state index contributed by atoms with van der Waals surface area (Å²) in [4.78, 5) is 0. The van der Waals surface area contributed by atoms with E-state index in [4.69, 9.17) is 10.00 Å². The van der Waals surface area contributed by atoms with Gasteiger partial charge in [0, 0.05) is 0 Å². The fourth-order valence-electron chi connectivity index (χ4n) is 3.29. The maximum atomic E-state index is 9.57. The largest absolute Gasteiger partial charge is 0.508 e. The van der Waals surface area contributed by atoms with E-state index in [-0.39, 0.29) is 5.75 Å². The van der Waals surface area contributed by atoms with Crippen molar-refractivity contribution in [3.05, 3.63) is 64.7 Å². The number of nitriles is 1. The van der Waals surface area contributed by atoms with Gasteiger partial charge in [-0.3, -0.25) is 0 Å². The molecule has 0 aliphatic carbocycles. The number of nitrogens with one attached hydrogen (secondary N) is 1. The first-order chi connectivity index (χ1) is 11.2. The van der Waals surface area contributed by atoms with Crippen LogP contribution in [0.5, 0.6) is 5.75 Å². The summed E-state index contributed by atoms with van der Waals surface area (Å²) >= 11 is 0. The summed E-state index contributed by atoms with van der Waals surface area (Å²) in [5.41, 5.74) is 3.38. The molecule has 1 atom stereocenters. The van der Waals surface area contributed by atoms with Crippen molar-refractivity contribution >= 4 is 0 Å². The molecule has 0 bridgehead atoms. The molecule has 0 fully saturated rings. The van der Waals surface area contributed by atoms with Crippen molar-refractivity contribution < 1.29 is 9.84 Å². The number of nitrogens with zero attached hydrogens (tertiary/aromatic N) is 1. The maximum absolute atomic E-state index is 9.57. The summed E-state index contributed by atoms with van der Waals surface area (Å²) in [6, 6.07) is 15.2. The molecule has 1 unspecified atom stereocenters. The number of hydrogen-bond acceptors (Lipinski definition) is 4. The second kappa shape index (κ2) is 6.41. The van der Waals surface area contributed by atoms with Gasteiger partial charge >= 0.3 is 0 Å². The Morgan fingerprint density at radius 2 is 2.04 bits per heavy atom. The van der Waals surface area contributed by atoms with E-state index >= 15 is 0 Å². The Balaban J connectivity index is 2.05. The number of phenols is 1. The van der Waals surface area contributed by atoms with Crippen LogP contribution in [-0.2, 0) is 16.9 Å². The molecule has 3 rings (SSSR count). The molecule has 4 heteroatoms. The van der Waals surface area contributed by atoms with Crippen LogP contribution in [0.4, 0.5) is 0 Å². The fourth-order valence-corrected chi connectivity index (χ4v) is 3.29. The summed E-state index contributed by atoms with van der Waals surface area (Å²) in [6.45, 7) is 1.42. The van der Waals surface area contributed by atoms with Crippen molar-refractivity contribution in [2.75, 3.05) is 13.6 Å². The van der Waals surface area contributed by atoms with Gasteiger partial charge in [0.15, 0.2) is 0 Å². The van der Waals surface area contributed by atoms with Crippen LogP contribution >= 0.6 is 0 Å². The lowest BCUT2D eigenvalue weighted by atomic mass is 9.81. The predicted molar refractivity (Wildman–Crippen MR) is 88.0 cm³/mol. The van der Waals surface area contributed by atoms with E-state index in [0.29, 0.717) is 12.2 Å². The lowest BCUT2D eigenvalue weighted by Crippen LogP contribution is -2.28. The molecule has 0 amide bonds. The van der Waals surface area contributed by atoms with Gasteiger partial charge in [0.25, 0.3) is 0 Å². The average molecular weight is 308 g/mol. The quantitative estimate of drug-likeness (QED) is 0.833. The topological polar surface area (TPSA) is 65.3 Å². The van der Waals surface area contributed by atoms with Crippen molar-refractivity contribution in [1.82, 2.24) is 5.32 Å². The molecule has 1 aliphatic heterocycles. The van der Waals surface area contributed by atoms with E-state index in [9.17, 15) is 5.11 Å². The van der Waals surface area contributed by atoms with Crippen molar-refractivity contribution in [1.29, 1.82) is 5.26 Å². The number of ether oxygens (including phenoxy) is 1. The monoisotopic (exact) mass is 308 g/mol. The Labute approximate surface area is 136 Å². The highest BCUT2D eigenvalue weighted by atomic mass is 16.5. The van der Waals surface area contributed by atoms with Crippen LogP contribution < -0.4 is 5.32 Å². The molecular weight excluding hydrogens is 288 g/mol. The number of aromatic hydroxyl groups is 1. The highest BCUT2D eigenvalue weighted by molar-refractivity contribution is 5.48. The molecule has 1 aliphatic rings. The van der Waals surface area contributed by atoms with Gasteiger partial charge in [0.05, 0.1) is 18.2 Å². The zero-order valence-electron chi connectivity index (χ0n) is 13.2. The van der Waals surface area contributed by atoms with Crippen LogP contribution in [0.1, 0.15) is 35.1 Å². The minimum atomic E-state index is -0.506. The molecular formula is C19H20N2O2. The lowest BCUT2D eigenvalue weighted by Gasteiger charge is -2.30. The Morgan fingerprint density at radius 3 is 2.74 bits per heavy atom. The molecule has 2 N–H and O–H groups in total. The summed E-state index contributed by atoms with van der Waals surface area (Å²) in [7, 11) is 1.94. The fraction of sp³-hybridized carbons (Fsp3) is 0.316. The summed E-state index contributed by atoms with van der Waals surface area (Å²) in [6.07, 6.45) is 1.81. The maximum Gasteiger partial charge on any atom is 0.119 e. The van der Waals surface area contributed by atoms with Crippen molar-refractivity contribution in [3.63, 3.8) is 0 Å². The van der Waals surface area contributed by atoms with Crippen LogP contribution in [0.15, 0.2) is 42.5 Å². The summed E-state index contributed by atoms with van der Waals surface area (Å²) < 4.78 is 6.26. The molecule has 4 nitrogen and oxygen atoms in total. The first-order valence-electron chi connectivity index (χ1n) is 7.81. The highest BCUT2D eigenvalue weighted by Gasteiger charge is 2.41. The lowest BCUT2D eigenvalue weighted by molar-refractivity contribution is -0.0128. The van der Waals surface area contributed by atoms with E-state index in [1.165, 1.54) is 0 Å². The Hall–Kier alpha value is -2.35. The van der Waals surface area contributed by atoms with E-state index in [1.807, 2.05) is 37.4 Å². The normalized spacial score (nSPS) is 19.3. The molecule has 0 aromatic heterocycles. The van der Waals surface area contributed by atoms with Crippen LogP contribution in [0.25, 0.3) is 0 Å². The standard InChI is InChI=1S/C19H20N2O2/c1-21-10-2-9-19(16-4-6-17(22)7-5-16)18-8-3-14(12-20)11-15(18)13-23-19/h3-8,11,21-22H,2,9-10,13H2,1H3. The van der Waals surface area contributed by atoms with Gasteiger partial charge < -0.3 is 15.2 Å². The molecule has 0 radical (unpaired) electrons. The summed E-state index contributed by atoms with van der Waals surface area (Å²) in [5.74, 6) is 0.247. The second-order valence-electron chi connectivity index (χ2n) is 5.85. The highest BCUT2D eigenvalue weighted by Crippen LogP contribution is 2.45. The number of hydrogen-bond donors (Lipinski definition) is 2. The smallest absolute Gasteiger partial charge is 0.119 e. The van der Waals surface area contributed by atoms with E-state index in [1.54, 1.807) is 12.1 Å². The third-order valence-corrected chi connectivity index (χ3v) is 4.43. The third kappa shape index (κ3) is 2.81. The molecule has 0 saturated carbocycles. The van der Waals surface area contributed by atoms with E-state index in [2.05, 4.69) is 11.4 Å². The molecule has 0 spiro atoms. The van der Waals surface area contributed by atoms with Gasteiger partial charge in [0.2, 0.25) is 0 Å². The first-order valence-corrected chi connectivity index (χ1v) is 7.81. The molecule has 2 aromatic rings. The SMILES string of the molecule is CNCCCC1(c2ccc(O)cc2)OCc2cc(C#N)ccc21. The second-order valence-corrected chi connectivity index (χ2v) is 5.85. The minimum Gasteiger partial charge on any atom is -0.508 e. The van der Waals surface area contributed by atoms with Crippen LogP contribution in [-0.4, -0.2) is 18.7 Å². The van der Waals surface area contributed by atoms with Crippen molar-refractivity contribution in [3.8, 4) is 11.8 Å². The average Bonchev–Trinajstić information content (AvgIpc) is 2.95. The van der Waals surface area contributed by atoms with Gasteiger partial charge in [0.1, 0.15) is 11.4 Å². The predicted octanol–water partition coefficient (Wildman–Crippen LogP) is 3.04. The van der Waals surface area contributed by atoms with E-state index < -0.39 is 5.60 Å². The van der Waals surface area contributed by atoms with Gasteiger partial charge in [-0.05, 0) is 67.4 Å². The van der Waals surface area contributed by atoms with Gasteiger partial charge in [-0.25, -0.2) is 0 Å². The van der Waals surface area contributed by atoms with E-state index in [0.717, 1.165) is 36.1 Å². The van der Waals surface area contributed by atoms with Crippen LogP contribution in [0, 0.1) is 11.3 Å². The Bertz CT molecular complexity index is 734. The molecule has 118 valence electrons. The summed E-state index contributed by atoms with van der Waals surface area (Å²) in [5, 5.41) is 21.8. The number of fused-ring (bicyclic) bond motifs is 1. The minimum absolute atomic E-state index is 0.247. The Morgan fingerprint density at radius 1 is 1.26 bits per heavy atom. The van der Waals surface area contributed by atoms with Crippen LogP contribution in [0.3, 0.4) is 0 Å².